The molecule has 418 valence electrons. The van der Waals surface area contributed by atoms with E-state index in [0.29, 0.717) is 37.2 Å². The zero-order valence-electron chi connectivity index (χ0n) is 43.8. The first kappa shape index (κ1) is 57.8. The molecule has 8 rings (SSSR count). The van der Waals surface area contributed by atoms with Gasteiger partial charge in [0.15, 0.2) is 15.5 Å². The zero-order chi connectivity index (χ0) is 56.8. The summed E-state index contributed by atoms with van der Waals surface area (Å²) in [6, 6.07) is 19.4. The van der Waals surface area contributed by atoms with Crippen molar-refractivity contribution < 1.29 is 55.3 Å². The highest BCUT2D eigenvalue weighted by Crippen LogP contribution is 2.38. The van der Waals surface area contributed by atoms with Crippen molar-refractivity contribution in [2.45, 2.75) is 96.1 Å². The molecule has 79 heavy (non-hydrogen) atoms. The second kappa shape index (κ2) is 24.7. The van der Waals surface area contributed by atoms with Crippen LogP contribution in [0.2, 0.25) is 5.54 Å². The molecule has 2 aliphatic rings. The number of carbonyl (C=O) groups excluding carboxylic acids is 4. The first-order valence-electron chi connectivity index (χ1n) is 25.2. The Hall–Kier alpha value is -7.39. The van der Waals surface area contributed by atoms with Crippen LogP contribution >= 0.6 is 11.3 Å². The number of halogens is 3. The fourth-order valence-electron chi connectivity index (χ4n) is 9.13. The topological polar surface area (TPSA) is 276 Å². The van der Waals surface area contributed by atoms with E-state index in [1.165, 1.54) is 53.6 Å². The van der Waals surface area contributed by atoms with E-state index < -0.39 is 56.7 Å². The second-order valence-corrected chi connectivity index (χ2v) is 23.9. The molecule has 4 atom stereocenters. The molecular formula is C53H60F3N11O9S2Si. The summed E-state index contributed by atoms with van der Waals surface area (Å²) in [5, 5.41) is 23.5. The number of hydrogen-bond acceptors (Lipinski definition) is 15. The molecule has 3 aromatic heterocycles. The minimum atomic E-state index is -5.12. The normalized spacial score (nSPS) is 17.0. The number of aromatic amines is 1. The van der Waals surface area contributed by atoms with Crippen molar-refractivity contribution in [1.82, 2.24) is 40.3 Å². The Bertz CT molecular complexity index is 3250. The predicted octanol–water partition coefficient (Wildman–Crippen LogP) is 6.68. The van der Waals surface area contributed by atoms with Crippen LogP contribution in [0.15, 0.2) is 90.6 Å². The summed E-state index contributed by atoms with van der Waals surface area (Å²) in [4.78, 5) is 70.3. The van der Waals surface area contributed by atoms with Crippen LogP contribution in [-0.2, 0) is 31.0 Å². The van der Waals surface area contributed by atoms with Crippen molar-refractivity contribution >= 4 is 72.0 Å². The lowest BCUT2D eigenvalue weighted by molar-refractivity contribution is -0.140. The molecule has 20 nitrogen and oxygen atoms in total. The molecule has 2 aliphatic heterocycles. The fraction of sp³-hybridized carbons (Fsp3) is 0.377. The van der Waals surface area contributed by atoms with Crippen LogP contribution in [0, 0.1) is 18.2 Å². The van der Waals surface area contributed by atoms with E-state index in [4.69, 9.17) is 15.2 Å². The molecule has 0 unspecified atom stereocenters. The number of sulfonamides is 1. The van der Waals surface area contributed by atoms with E-state index in [0.717, 1.165) is 21.7 Å². The van der Waals surface area contributed by atoms with E-state index in [1.807, 2.05) is 61.6 Å². The third-order valence-corrected chi connectivity index (χ3v) is 17.1. The van der Waals surface area contributed by atoms with Crippen LogP contribution in [-0.4, -0.2) is 127 Å². The fourth-order valence-corrected chi connectivity index (χ4v) is 11.6. The number of nitrogens with one attached hydrogen (secondary N) is 5. The average molecular weight is 1140 g/mol. The number of anilines is 3. The highest BCUT2D eigenvalue weighted by Gasteiger charge is 2.44. The second-order valence-electron chi connectivity index (χ2n) is 20.3. The number of rotatable bonds is 21. The first-order chi connectivity index (χ1) is 37.5. The summed E-state index contributed by atoms with van der Waals surface area (Å²) >= 11 is 1.56. The van der Waals surface area contributed by atoms with Gasteiger partial charge in [0.2, 0.25) is 17.7 Å². The lowest BCUT2D eigenvalue weighted by Gasteiger charge is -2.35. The third kappa shape index (κ3) is 14.5. The summed E-state index contributed by atoms with van der Waals surface area (Å²) in [7, 11) is -5.40. The van der Waals surface area contributed by atoms with Crippen molar-refractivity contribution in [3.8, 4) is 33.2 Å². The minimum absolute atomic E-state index is 0.0112. The van der Waals surface area contributed by atoms with E-state index in [9.17, 15) is 45.9 Å². The molecule has 3 aromatic carbocycles. The van der Waals surface area contributed by atoms with E-state index in [2.05, 4.69) is 35.8 Å². The van der Waals surface area contributed by atoms with Crippen molar-refractivity contribution in [2.75, 3.05) is 36.2 Å². The van der Waals surface area contributed by atoms with Gasteiger partial charge in [0.05, 0.1) is 51.8 Å². The number of aliphatic hydroxyl groups is 1. The van der Waals surface area contributed by atoms with Gasteiger partial charge < -0.3 is 40.8 Å². The maximum Gasteiger partial charge on any atom is 0.355 e. The number of thiazole rings is 1. The number of alkyl halides is 2. The lowest BCUT2D eigenvalue weighted by Crippen LogP contribution is -2.51. The number of benzene rings is 3. The highest BCUT2D eigenvalue weighted by atomic mass is 32.2. The van der Waals surface area contributed by atoms with Crippen LogP contribution in [0.4, 0.5) is 30.5 Å². The van der Waals surface area contributed by atoms with Gasteiger partial charge in [-0.2, -0.15) is 13.9 Å². The molecule has 4 amide bonds. The number of pyridine rings is 1. The van der Waals surface area contributed by atoms with Gasteiger partial charge in [-0.15, -0.1) is 11.3 Å². The van der Waals surface area contributed by atoms with Crippen molar-refractivity contribution in [3.63, 3.8) is 0 Å². The number of nitrogens with zero attached hydrogens (tertiary/aromatic N) is 5. The summed E-state index contributed by atoms with van der Waals surface area (Å²) in [5.74, 6) is -5.55. The lowest BCUT2D eigenvalue weighted by atomic mass is 9.90. The van der Waals surface area contributed by atoms with Crippen molar-refractivity contribution in [2.24, 2.45) is 11.1 Å². The number of ether oxygens (including phenoxy) is 2. The van der Waals surface area contributed by atoms with Crippen LogP contribution in [0.25, 0.3) is 21.7 Å². The predicted molar refractivity (Wildman–Crippen MR) is 292 cm³/mol. The summed E-state index contributed by atoms with van der Waals surface area (Å²) in [6.07, 6.45) is 0.927. The quantitative estimate of drug-likeness (QED) is 0.0371. The van der Waals surface area contributed by atoms with Gasteiger partial charge in [0.1, 0.15) is 46.9 Å². The Morgan fingerprint density at radius 2 is 1.70 bits per heavy atom. The number of primary amides is 1. The monoisotopic (exact) mass is 1140 g/mol. The van der Waals surface area contributed by atoms with Gasteiger partial charge in [0.25, 0.3) is 15.9 Å². The number of β-amino-alcohol motifs (C(OH)–C–C–N with tert-alkyl or cyclic N) is 1. The number of hydrogen-bond donors (Lipinski definition) is 7. The largest absolute Gasteiger partial charge is 0.489 e. The van der Waals surface area contributed by atoms with Crippen LogP contribution < -0.4 is 35.5 Å². The SMILES string of the molecule is Cc1ncsc1-c1ccc(CNC(=O)[C@@H]2C[C@@H](O)CN2C(=O)[C@@H]([Si]NC(=O)CN2CCC(Oc3ccc(Nc4n[nH]c(-c5ccc(NS(=O)(=O)C(F)F)c(O[C@@H](C)c6ccc(F)cc6)c5)c4C(N)=O)nc3)CC2)C(C)(C)C)cc1. The van der Waals surface area contributed by atoms with Gasteiger partial charge in [-0.05, 0) is 85.2 Å². The molecule has 26 heteroatoms. The third-order valence-electron chi connectivity index (χ3n) is 13.4. The number of amides is 4. The van der Waals surface area contributed by atoms with Gasteiger partial charge in [-0.1, -0.05) is 63.2 Å². The molecule has 2 fully saturated rings. The van der Waals surface area contributed by atoms with E-state index in [1.54, 1.807) is 35.9 Å². The summed E-state index contributed by atoms with van der Waals surface area (Å²) in [5.41, 5.74) is 9.61. The standard InChI is InChI=1S/C53H60F3N11O9S2Si/c1-29-46(77-28-60-29)33-8-6-31(7-9-33)24-59-50(71)40-23-36(68)26-67(40)51(72)47(53(3,4)5)79-65-43(69)27-66-20-18-37(19-21-66)76-38-15-17-42(58-25-38)61-49-44(48(57)70)45(62-63-49)34-12-16-39(64-78(73,74)52(55)56)41(22-34)75-30(2)32-10-13-35(54)14-11-32/h6-17,22,25,28,30,36-37,40,47,52,64,68H,18-21,23-24,26-27H2,1-5H3,(H2,57,70)(H,59,71)(H,65,69)(H2,58,61,62,63)/t30-,36+,40-,47+/m0/s1. The number of nitrogens with two attached hydrogens (primary N) is 1. The Morgan fingerprint density at radius 3 is 2.33 bits per heavy atom. The van der Waals surface area contributed by atoms with Gasteiger partial charge in [-0.3, -0.25) is 33.9 Å². The molecule has 2 radical (unpaired) electrons. The number of piperidine rings is 1. The van der Waals surface area contributed by atoms with Gasteiger partial charge in [-0.25, -0.2) is 22.8 Å². The smallest absolute Gasteiger partial charge is 0.355 e. The molecule has 8 N–H and O–H groups in total. The Kier molecular flexibility index (Phi) is 18.1. The first-order valence-corrected chi connectivity index (χ1v) is 28.7. The Labute approximate surface area is 461 Å². The van der Waals surface area contributed by atoms with Crippen LogP contribution in [0.5, 0.6) is 11.5 Å². The number of carbonyl (C=O) groups is 4. The van der Waals surface area contributed by atoms with Gasteiger partial charge >= 0.3 is 5.76 Å². The Balaban J connectivity index is 0.821. The highest BCUT2D eigenvalue weighted by molar-refractivity contribution is 7.93. The van der Waals surface area contributed by atoms with Crippen LogP contribution in [0.3, 0.4) is 0 Å². The number of aryl methyl sites for hydroxylation is 1. The maximum absolute atomic E-state index is 14.2. The number of aromatic nitrogens is 4. The molecule has 0 spiro atoms. The molecule has 2 saturated heterocycles. The number of aliphatic hydroxyl groups excluding tert-OH is 1. The minimum Gasteiger partial charge on any atom is -0.489 e. The maximum atomic E-state index is 14.2. The van der Waals surface area contributed by atoms with Gasteiger partial charge in [0, 0.05) is 38.2 Å². The summed E-state index contributed by atoms with van der Waals surface area (Å²) < 4.78 is 78.8. The zero-order valence-corrected chi connectivity index (χ0v) is 46.4. The van der Waals surface area contributed by atoms with Crippen LogP contribution in [0.1, 0.15) is 80.2 Å². The van der Waals surface area contributed by atoms with Crippen molar-refractivity contribution in [1.29, 1.82) is 0 Å². The molecule has 5 heterocycles. The van der Waals surface area contributed by atoms with Crippen molar-refractivity contribution in [3.05, 3.63) is 119 Å². The Morgan fingerprint density at radius 1 is 0.987 bits per heavy atom. The van der Waals surface area contributed by atoms with E-state index in [-0.39, 0.29) is 99.5 Å². The molecule has 0 saturated carbocycles. The molecule has 6 aromatic rings. The summed E-state index contributed by atoms with van der Waals surface area (Å²) in [6.45, 7) is 10.7. The average Bonchev–Trinajstić information content (AvgIpc) is 4.16. The number of likely N-dealkylation sites (tertiary alicyclic amines) is 2. The molecule has 0 aliphatic carbocycles. The van der Waals surface area contributed by atoms with E-state index >= 15 is 0 Å². The number of H-pyrrole nitrogens is 1. The molecule has 0 bridgehead atoms. The molecular weight excluding hydrogens is 1080 g/mol.